The maximum atomic E-state index is 11.1. The highest BCUT2D eigenvalue weighted by Gasteiger charge is 2.32. The molecular weight excluding hydrogens is 274 g/mol. The Morgan fingerprint density at radius 3 is 3.15 bits per heavy atom. The molecule has 100 valence electrons. The van der Waals surface area contributed by atoms with Gasteiger partial charge >= 0.3 is 5.97 Å². The molecule has 2 N–H and O–H groups in total. The summed E-state index contributed by atoms with van der Waals surface area (Å²) in [5.41, 5.74) is 2.03. The number of aryl methyl sites for hydroxylation is 1. The number of nitriles is 1. The number of hydrogen-bond acceptors (Lipinski definition) is 5. The summed E-state index contributed by atoms with van der Waals surface area (Å²) in [6.07, 6.45) is 1.40. The normalized spacial score (nSPS) is 16.4. The molecule has 6 heteroatoms. The number of aromatic nitrogens is 1. The van der Waals surface area contributed by atoms with Gasteiger partial charge in [-0.1, -0.05) is 6.07 Å². The summed E-state index contributed by atoms with van der Waals surface area (Å²) in [5.74, 6) is -1.30. The van der Waals surface area contributed by atoms with Crippen molar-refractivity contribution in [2.75, 3.05) is 5.32 Å². The molecule has 0 spiro atoms. The predicted octanol–water partition coefficient (Wildman–Crippen LogP) is 2.87. The van der Waals surface area contributed by atoms with E-state index in [0.29, 0.717) is 22.8 Å². The zero-order chi connectivity index (χ0) is 14.1. The van der Waals surface area contributed by atoms with Gasteiger partial charge in [0.15, 0.2) is 5.13 Å². The third kappa shape index (κ3) is 2.24. The van der Waals surface area contributed by atoms with Crippen molar-refractivity contribution in [3.8, 4) is 6.07 Å². The second-order valence-corrected chi connectivity index (χ2v) is 5.66. The molecule has 1 atom stereocenters. The van der Waals surface area contributed by atoms with E-state index in [1.54, 1.807) is 18.2 Å². The lowest BCUT2D eigenvalue weighted by Gasteiger charge is -2.04. The Kier molecular flexibility index (Phi) is 3.12. The fourth-order valence-corrected chi connectivity index (χ4v) is 3.37. The van der Waals surface area contributed by atoms with E-state index in [2.05, 4.69) is 16.4 Å². The van der Waals surface area contributed by atoms with Crippen LogP contribution in [-0.2, 0) is 11.2 Å². The quantitative estimate of drug-likeness (QED) is 0.905. The van der Waals surface area contributed by atoms with Gasteiger partial charge in [0.1, 0.15) is 5.92 Å². The van der Waals surface area contributed by atoms with Crippen molar-refractivity contribution in [2.45, 2.75) is 18.8 Å². The van der Waals surface area contributed by atoms with Gasteiger partial charge in [-0.2, -0.15) is 5.26 Å². The molecule has 3 rings (SSSR count). The predicted molar refractivity (Wildman–Crippen MR) is 75.3 cm³/mol. The van der Waals surface area contributed by atoms with Crippen LogP contribution in [0.2, 0.25) is 0 Å². The van der Waals surface area contributed by atoms with Crippen molar-refractivity contribution in [3.63, 3.8) is 0 Å². The van der Waals surface area contributed by atoms with E-state index < -0.39 is 11.9 Å². The Morgan fingerprint density at radius 2 is 2.40 bits per heavy atom. The van der Waals surface area contributed by atoms with E-state index in [4.69, 9.17) is 10.4 Å². The number of carboxylic acids is 1. The van der Waals surface area contributed by atoms with Crippen LogP contribution in [0, 0.1) is 11.3 Å². The van der Waals surface area contributed by atoms with Crippen molar-refractivity contribution in [3.05, 3.63) is 40.4 Å². The van der Waals surface area contributed by atoms with Crippen molar-refractivity contribution in [1.29, 1.82) is 5.26 Å². The zero-order valence-electron chi connectivity index (χ0n) is 10.5. The molecule has 0 fully saturated rings. The highest BCUT2D eigenvalue weighted by atomic mass is 32.1. The molecule has 0 aliphatic heterocycles. The second-order valence-electron chi connectivity index (χ2n) is 4.57. The molecule has 1 unspecified atom stereocenters. The van der Waals surface area contributed by atoms with Gasteiger partial charge in [-0.3, -0.25) is 4.79 Å². The molecule has 0 amide bonds. The van der Waals surface area contributed by atoms with Crippen LogP contribution in [0.4, 0.5) is 10.8 Å². The van der Waals surface area contributed by atoms with Gasteiger partial charge in [0, 0.05) is 10.6 Å². The Labute approximate surface area is 119 Å². The molecule has 1 aliphatic carbocycles. The summed E-state index contributed by atoms with van der Waals surface area (Å²) in [5, 5.41) is 21.8. The number of nitrogens with zero attached hydrogens (tertiary/aromatic N) is 2. The van der Waals surface area contributed by atoms with Gasteiger partial charge in [0.2, 0.25) is 0 Å². The number of thiazole rings is 1. The van der Waals surface area contributed by atoms with E-state index >= 15 is 0 Å². The lowest BCUT2D eigenvalue weighted by molar-refractivity contribution is -0.138. The molecule has 5 nitrogen and oxygen atoms in total. The molecule has 20 heavy (non-hydrogen) atoms. The molecule has 1 aromatic carbocycles. The Hall–Kier alpha value is -2.39. The highest BCUT2D eigenvalue weighted by molar-refractivity contribution is 7.15. The average Bonchev–Trinajstić information content (AvgIpc) is 2.98. The first-order valence-corrected chi connectivity index (χ1v) is 6.98. The van der Waals surface area contributed by atoms with Crippen molar-refractivity contribution < 1.29 is 9.90 Å². The van der Waals surface area contributed by atoms with E-state index in [9.17, 15) is 4.79 Å². The van der Waals surface area contributed by atoms with E-state index in [1.807, 2.05) is 6.07 Å². The van der Waals surface area contributed by atoms with E-state index in [0.717, 1.165) is 17.0 Å². The van der Waals surface area contributed by atoms with Gasteiger partial charge in [-0.25, -0.2) is 4.98 Å². The lowest BCUT2D eigenvalue weighted by Crippen LogP contribution is -2.08. The third-order valence-corrected chi connectivity index (χ3v) is 4.31. The fraction of sp³-hybridized carbons (Fsp3) is 0.214. The lowest BCUT2D eigenvalue weighted by atomic mass is 10.1. The van der Waals surface area contributed by atoms with Crippen LogP contribution in [0.5, 0.6) is 0 Å². The molecule has 0 saturated carbocycles. The van der Waals surface area contributed by atoms with Crippen LogP contribution < -0.4 is 5.32 Å². The monoisotopic (exact) mass is 285 g/mol. The summed E-state index contributed by atoms with van der Waals surface area (Å²) in [4.78, 5) is 16.5. The van der Waals surface area contributed by atoms with Crippen LogP contribution in [0.15, 0.2) is 24.3 Å². The van der Waals surface area contributed by atoms with Crippen LogP contribution in [0.3, 0.4) is 0 Å². The van der Waals surface area contributed by atoms with Gasteiger partial charge in [0.25, 0.3) is 0 Å². The molecule has 1 aliphatic rings. The van der Waals surface area contributed by atoms with Crippen molar-refractivity contribution in [1.82, 2.24) is 4.98 Å². The van der Waals surface area contributed by atoms with Gasteiger partial charge in [-0.05, 0) is 31.0 Å². The number of benzene rings is 1. The molecule has 1 heterocycles. The number of hydrogen-bond donors (Lipinski definition) is 2. The van der Waals surface area contributed by atoms with Crippen LogP contribution >= 0.6 is 11.3 Å². The minimum absolute atomic E-state index is 0.484. The molecule has 2 aromatic rings. The number of rotatable bonds is 3. The molecule has 1 aromatic heterocycles. The second kappa shape index (κ2) is 4.94. The average molecular weight is 285 g/mol. The third-order valence-electron chi connectivity index (χ3n) is 3.26. The SMILES string of the molecule is N#Cc1cccc(Nc2nc3c(s2)CCC3C(=O)O)c1. The van der Waals surface area contributed by atoms with Crippen LogP contribution in [0.1, 0.15) is 28.5 Å². The summed E-state index contributed by atoms with van der Waals surface area (Å²) in [6.45, 7) is 0. The molecule has 0 bridgehead atoms. The number of carboxylic acid groups (broad SMARTS) is 1. The number of carbonyl (C=O) groups is 1. The first-order valence-electron chi connectivity index (χ1n) is 6.17. The first-order chi connectivity index (χ1) is 9.67. The number of aliphatic carboxylic acids is 1. The molecular formula is C14H11N3O2S. The number of fused-ring (bicyclic) bond motifs is 1. The standard InChI is InChI=1S/C14H11N3O2S/c15-7-8-2-1-3-9(6-8)16-14-17-12-10(13(18)19)4-5-11(12)20-14/h1-3,6,10H,4-5H2,(H,16,17)(H,18,19). The van der Waals surface area contributed by atoms with Crippen LogP contribution in [-0.4, -0.2) is 16.1 Å². The van der Waals surface area contributed by atoms with E-state index in [1.165, 1.54) is 11.3 Å². The Morgan fingerprint density at radius 1 is 1.55 bits per heavy atom. The minimum atomic E-state index is -0.813. The largest absolute Gasteiger partial charge is 0.481 e. The Balaban J connectivity index is 1.85. The summed E-state index contributed by atoms with van der Waals surface area (Å²) >= 11 is 1.48. The zero-order valence-corrected chi connectivity index (χ0v) is 11.3. The smallest absolute Gasteiger partial charge is 0.312 e. The minimum Gasteiger partial charge on any atom is -0.481 e. The number of anilines is 2. The van der Waals surface area contributed by atoms with E-state index in [-0.39, 0.29) is 0 Å². The topological polar surface area (TPSA) is 86.0 Å². The number of nitrogens with one attached hydrogen (secondary N) is 1. The van der Waals surface area contributed by atoms with Crippen molar-refractivity contribution >= 4 is 28.1 Å². The van der Waals surface area contributed by atoms with Crippen molar-refractivity contribution in [2.24, 2.45) is 0 Å². The van der Waals surface area contributed by atoms with Gasteiger partial charge in [-0.15, -0.1) is 11.3 Å². The van der Waals surface area contributed by atoms with Gasteiger partial charge < -0.3 is 10.4 Å². The first kappa shape index (κ1) is 12.6. The van der Waals surface area contributed by atoms with Crippen LogP contribution in [0.25, 0.3) is 0 Å². The fourth-order valence-electron chi connectivity index (χ4n) is 2.31. The molecule has 0 saturated heterocycles. The molecule has 0 radical (unpaired) electrons. The highest BCUT2D eigenvalue weighted by Crippen LogP contribution is 2.39. The maximum Gasteiger partial charge on any atom is 0.312 e. The summed E-state index contributed by atoms with van der Waals surface area (Å²) < 4.78 is 0. The van der Waals surface area contributed by atoms with Gasteiger partial charge in [0.05, 0.1) is 17.3 Å². The Bertz CT molecular complexity index is 717. The summed E-state index contributed by atoms with van der Waals surface area (Å²) in [6, 6.07) is 9.19. The maximum absolute atomic E-state index is 11.1. The summed E-state index contributed by atoms with van der Waals surface area (Å²) in [7, 11) is 0.